The molecule has 2 N–H and O–H groups in total. The maximum Gasteiger partial charge on any atom is 0.242 e. The molecule has 1 saturated heterocycles. The van der Waals surface area contributed by atoms with E-state index in [4.69, 9.17) is 0 Å². The Hall–Kier alpha value is -1.10. The molecular weight excluding hydrogens is 230 g/mol. The van der Waals surface area contributed by atoms with Crippen molar-refractivity contribution in [2.45, 2.75) is 45.6 Å². The third kappa shape index (κ3) is 4.29. The molecule has 1 heterocycles. The van der Waals surface area contributed by atoms with E-state index in [1.807, 2.05) is 6.92 Å². The quantitative estimate of drug-likeness (QED) is 0.621. The molecule has 1 aliphatic heterocycles. The third-order valence-corrected chi connectivity index (χ3v) is 3.20. The molecule has 0 aliphatic carbocycles. The van der Waals surface area contributed by atoms with Gasteiger partial charge in [0.1, 0.15) is 6.04 Å². The second-order valence-corrected chi connectivity index (χ2v) is 4.66. The van der Waals surface area contributed by atoms with Gasteiger partial charge in [-0.3, -0.25) is 9.59 Å². The van der Waals surface area contributed by atoms with E-state index in [-0.39, 0.29) is 17.9 Å². The molecule has 5 heteroatoms. The first-order chi connectivity index (χ1) is 8.70. The molecular formula is C13H25N3O2. The average Bonchev–Trinajstić information content (AvgIpc) is 2.77. The zero-order chi connectivity index (χ0) is 13.4. The van der Waals surface area contributed by atoms with Gasteiger partial charge in [0.2, 0.25) is 11.8 Å². The molecule has 1 aliphatic rings. The standard InChI is InChI=1S/C13H25N3O2/c1-3-7-14-8-9-15-13(18)11(4-2)16-10-5-6-12(16)17/h11,14H,3-10H2,1-2H3,(H,15,18). The van der Waals surface area contributed by atoms with Crippen molar-refractivity contribution in [2.75, 3.05) is 26.2 Å². The fourth-order valence-corrected chi connectivity index (χ4v) is 2.24. The van der Waals surface area contributed by atoms with Crippen LogP contribution in [-0.2, 0) is 9.59 Å². The van der Waals surface area contributed by atoms with Gasteiger partial charge in [-0.1, -0.05) is 13.8 Å². The van der Waals surface area contributed by atoms with E-state index in [9.17, 15) is 9.59 Å². The Kier molecular flexibility index (Phi) is 6.72. The van der Waals surface area contributed by atoms with Gasteiger partial charge in [0, 0.05) is 26.1 Å². The van der Waals surface area contributed by atoms with Gasteiger partial charge in [-0.25, -0.2) is 0 Å². The second-order valence-electron chi connectivity index (χ2n) is 4.66. The predicted molar refractivity (Wildman–Crippen MR) is 71.2 cm³/mol. The average molecular weight is 255 g/mol. The Morgan fingerprint density at radius 3 is 2.67 bits per heavy atom. The molecule has 0 aromatic rings. The van der Waals surface area contributed by atoms with Gasteiger partial charge in [-0.15, -0.1) is 0 Å². The minimum absolute atomic E-state index is 0.0222. The number of carbonyl (C=O) groups is 2. The van der Waals surface area contributed by atoms with Crippen molar-refractivity contribution in [2.24, 2.45) is 0 Å². The predicted octanol–water partition coefficient (Wildman–Crippen LogP) is 0.503. The second kappa shape index (κ2) is 8.08. The van der Waals surface area contributed by atoms with Gasteiger partial charge in [0.15, 0.2) is 0 Å². The van der Waals surface area contributed by atoms with Crippen LogP contribution in [0.3, 0.4) is 0 Å². The first kappa shape index (κ1) is 15.0. The van der Waals surface area contributed by atoms with E-state index in [0.29, 0.717) is 19.4 Å². The maximum absolute atomic E-state index is 12.0. The van der Waals surface area contributed by atoms with Crippen LogP contribution in [-0.4, -0.2) is 48.9 Å². The fourth-order valence-electron chi connectivity index (χ4n) is 2.24. The topological polar surface area (TPSA) is 61.4 Å². The first-order valence-electron chi connectivity index (χ1n) is 6.98. The zero-order valence-electron chi connectivity index (χ0n) is 11.5. The summed E-state index contributed by atoms with van der Waals surface area (Å²) in [6.07, 6.45) is 3.23. The SMILES string of the molecule is CCCNCCNC(=O)C(CC)N1CCCC1=O. The molecule has 1 rings (SSSR count). The van der Waals surface area contributed by atoms with Crippen LogP contribution < -0.4 is 10.6 Å². The Bertz CT molecular complexity index is 281. The highest BCUT2D eigenvalue weighted by Crippen LogP contribution is 2.15. The van der Waals surface area contributed by atoms with Crippen molar-refractivity contribution in [3.8, 4) is 0 Å². The van der Waals surface area contributed by atoms with E-state index in [1.54, 1.807) is 4.90 Å². The molecule has 0 spiro atoms. The highest BCUT2D eigenvalue weighted by Gasteiger charge is 2.31. The van der Waals surface area contributed by atoms with Crippen LogP contribution in [0.15, 0.2) is 0 Å². The number of amides is 2. The summed E-state index contributed by atoms with van der Waals surface area (Å²) in [6.45, 7) is 7.15. The molecule has 0 radical (unpaired) electrons. The summed E-state index contributed by atoms with van der Waals surface area (Å²) in [5.74, 6) is 0.0900. The molecule has 1 fully saturated rings. The van der Waals surface area contributed by atoms with Crippen molar-refractivity contribution in [1.29, 1.82) is 0 Å². The molecule has 104 valence electrons. The van der Waals surface area contributed by atoms with E-state index < -0.39 is 0 Å². The van der Waals surface area contributed by atoms with Gasteiger partial charge >= 0.3 is 0 Å². The lowest BCUT2D eigenvalue weighted by Gasteiger charge is -2.25. The Balaban J connectivity index is 2.31. The third-order valence-electron chi connectivity index (χ3n) is 3.20. The lowest BCUT2D eigenvalue weighted by atomic mass is 10.2. The first-order valence-corrected chi connectivity index (χ1v) is 6.98. The van der Waals surface area contributed by atoms with E-state index >= 15 is 0 Å². The number of nitrogens with zero attached hydrogens (tertiary/aromatic N) is 1. The van der Waals surface area contributed by atoms with Crippen LogP contribution in [0.2, 0.25) is 0 Å². The minimum atomic E-state index is -0.286. The van der Waals surface area contributed by atoms with Crippen molar-refractivity contribution in [3.63, 3.8) is 0 Å². The summed E-state index contributed by atoms with van der Waals surface area (Å²) in [4.78, 5) is 25.4. The van der Waals surface area contributed by atoms with Gasteiger partial charge < -0.3 is 15.5 Å². The summed E-state index contributed by atoms with van der Waals surface area (Å²) in [5, 5.41) is 6.13. The largest absolute Gasteiger partial charge is 0.353 e. The van der Waals surface area contributed by atoms with Crippen LogP contribution in [0, 0.1) is 0 Å². The number of rotatable bonds is 8. The number of nitrogens with one attached hydrogen (secondary N) is 2. The highest BCUT2D eigenvalue weighted by atomic mass is 16.2. The van der Waals surface area contributed by atoms with E-state index in [1.165, 1.54) is 0 Å². The number of likely N-dealkylation sites (tertiary alicyclic amines) is 1. The molecule has 2 amide bonds. The number of hydrogen-bond donors (Lipinski definition) is 2. The van der Waals surface area contributed by atoms with E-state index in [2.05, 4.69) is 17.6 Å². The molecule has 0 aromatic heterocycles. The molecule has 0 aromatic carbocycles. The van der Waals surface area contributed by atoms with Crippen molar-refractivity contribution in [3.05, 3.63) is 0 Å². The summed E-state index contributed by atoms with van der Waals surface area (Å²) in [6, 6.07) is -0.286. The number of hydrogen-bond acceptors (Lipinski definition) is 3. The zero-order valence-corrected chi connectivity index (χ0v) is 11.5. The molecule has 0 bridgehead atoms. The van der Waals surface area contributed by atoms with Crippen LogP contribution in [0.5, 0.6) is 0 Å². The lowest BCUT2D eigenvalue weighted by molar-refractivity contribution is -0.137. The molecule has 5 nitrogen and oxygen atoms in total. The Labute approximate surface area is 109 Å². The maximum atomic E-state index is 12.0. The van der Waals surface area contributed by atoms with Crippen molar-refractivity contribution < 1.29 is 9.59 Å². The van der Waals surface area contributed by atoms with Gasteiger partial charge in [-0.2, -0.15) is 0 Å². The van der Waals surface area contributed by atoms with Crippen LogP contribution in [0.25, 0.3) is 0 Å². The Morgan fingerprint density at radius 1 is 1.33 bits per heavy atom. The molecule has 0 saturated carbocycles. The number of carbonyl (C=O) groups excluding carboxylic acids is 2. The van der Waals surface area contributed by atoms with Gasteiger partial charge in [0.25, 0.3) is 0 Å². The smallest absolute Gasteiger partial charge is 0.242 e. The highest BCUT2D eigenvalue weighted by molar-refractivity contribution is 5.88. The van der Waals surface area contributed by atoms with Gasteiger partial charge in [0.05, 0.1) is 0 Å². The van der Waals surface area contributed by atoms with E-state index in [0.717, 1.165) is 32.5 Å². The molecule has 1 atom stereocenters. The fraction of sp³-hybridized carbons (Fsp3) is 0.846. The summed E-state index contributed by atoms with van der Waals surface area (Å²) >= 11 is 0. The molecule has 1 unspecified atom stereocenters. The summed E-state index contributed by atoms with van der Waals surface area (Å²) < 4.78 is 0. The van der Waals surface area contributed by atoms with Crippen LogP contribution in [0.1, 0.15) is 39.5 Å². The lowest BCUT2D eigenvalue weighted by Crippen LogP contribution is -2.48. The van der Waals surface area contributed by atoms with Crippen molar-refractivity contribution >= 4 is 11.8 Å². The Morgan fingerprint density at radius 2 is 2.11 bits per heavy atom. The minimum Gasteiger partial charge on any atom is -0.353 e. The van der Waals surface area contributed by atoms with Crippen molar-refractivity contribution in [1.82, 2.24) is 15.5 Å². The van der Waals surface area contributed by atoms with Gasteiger partial charge in [-0.05, 0) is 25.8 Å². The molecule has 18 heavy (non-hydrogen) atoms. The van der Waals surface area contributed by atoms with Crippen LogP contribution in [0.4, 0.5) is 0 Å². The normalized spacial score (nSPS) is 17.0. The monoisotopic (exact) mass is 255 g/mol. The summed E-state index contributed by atoms with van der Waals surface area (Å²) in [7, 11) is 0. The van der Waals surface area contributed by atoms with Crippen LogP contribution >= 0.6 is 0 Å². The summed E-state index contributed by atoms with van der Waals surface area (Å²) in [5.41, 5.74) is 0.